The van der Waals surface area contributed by atoms with Crippen LogP contribution in [0.3, 0.4) is 0 Å². The molecule has 0 heterocycles. The molecule has 1 aromatic carbocycles. The van der Waals surface area contributed by atoms with Gasteiger partial charge < -0.3 is 10.1 Å². The van der Waals surface area contributed by atoms with Crippen molar-refractivity contribution >= 4 is 11.6 Å². The second kappa shape index (κ2) is 7.02. The molecule has 2 nitrogen and oxygen atoms in total. The smallest absolute Gasteiger partial charge is 0.122 e. The average Bonchev–Trinajstić information content (AvgIpc) is 2.45. The zero-order chi connectivity index (χ0) is 15.5. The van der Waals surface area contributed by atoms with E-state index in [2.05, 4.69) is 26.2 Å². The van der Waals surface area contributed by atoms with Crippen molar-refractivity contribution in [1.29, 1.82) is 0 Å². The van der Waals surface area contributed by atoms with Crippen molar-refractivity contribution in [1.82, 2.24) is 5.32 Å². The minimum absolute atomic E-state index is 0.494. The molecule has 0 saturated heterocycles. The Morgan fingerprint density at radius 2 is 2.00 bits per heavy atom. The Morgan fingerprint density at radius 3 is 2.57 bits per heavy atom. The molecule has 1 atom stereocenters. The molecule has 0 radical (unpaired) electrons. The van der Waals surface area contributed by atoms with Crippen molar-refractivity contribution in [3.63, 3.8) is 0 Å². The Balaban J connectivity index is 2.07. The van der Waals surface area contributed by atoms with E-state index in [0.717, 1.165) is 23.1 Å². The molecule has 1 aromatic rings. The molecule has 21 heavy (non-hydrogen) atoms. The van der Waals surface area contributed by atoms with E-state index in [4.69, 9.17) is 16.3 Å². The van der Waals surface area contributed by atoms with E-state index in [-0.39, 0.29) is 0 Å². The summed E-state index contributed by atoms with van der Waals surface area (Å²) in [6.07, 6.45) is 6.24. The molecule has 0 aromatic heterocycles. The Labute approximate surface area is 134 Å². The first-order valence-electron chi connectivity index (χ1n) is 7.95. The lowest BCUT2D eigenvalue weighted by Gasteiger charge is -2.38. The van der Waals surface area contributed by atoms with Crippen molar-refractivity contribution in [3.8, 4) is 5.75 Å². The molecule has 1 aliphatic rings. The fourth-order valence-corrected chi connectivity index (χ4v) is 3.67. The van der Waals surface area contributed by atoms with Gasteiger partial charge in [0.25, 0.3) is 0 Å². The van der Waals surface area contributed by atoms with Crippen LogP contribution in [0.2, 0.25) is 5.02 Å². The first kappa shape index (κ1) is 16.6. The van der Waals surface area contributed by atoms with E-state index in [0.29, 0.717) is 11.5 Å². The average molecular weight is 310 g/mol. The maximum absolute atomic E-state index is 6.15. The number of hydrogen-bond acceptors (Lipinski definition) is 2. The van der Waals surface area contributed by atoms with Crippen LogP contribution in [0, 0.1) is 11.3 Å². The van der Waals surface area contributed by atoms with Gasteiger partial charge in [0.15, 0.2) is 0 Å². The van der Waals surface area contributed by atoms with E-state index in [1.807, 2.05) is 18.2 Å². The second-order valence-electron chi connectivity index (χ2n) is 7.06. The van der Waals surface area contributed by atoms with Crippen LogP contribution in [0.15, 0.2) is 18.2 Å². The molecular formula is C18H28ClNO. The van der Waals surface area contributed by atoms with Crippen molar-refractivity contribution < 1.29 is 4.74 Å². The van der Waals surface area contributed by atoms with Gasteiger partial charge in [0, 0.05) is 11.1 Å². The summed E-state index contributed by atoms with van der Waals surface area (Å²) in [6.45, 7) is 4.77. The maximum atomic E-state index is 6.15. The molecule has 1 aliphatic carbocycles. The van der Waals surface area contributed by atoms with E-state index in [1.54, 1.807) is 7.11 Å². The molecular weight excluding hydrogens is 282 g/mol. The zero-order valence-corrected chi connectivity index (χ0v) is 14.5. The van der Waals surface area contributed by atoms with Gasteiger partial charge in [0.05, 0.1) is 7.11 Å². The van der Waals surface area contributed by atoms with E-state index in [9.17, 15) is 0 Å². The van der Waals surface area contributed by atoms with Gasteiger partial charge in [-0.1, -0.05) is 25.4 Å². The molecule has 2 rings (SSSR count). The van der Waals surface area contributed by atoms with Crippen LogP contribution in [0.4, 0.5) is 0 Å². The summed E-state index contributed by atoms with van der Waals surface area (Å²) in [4.78, 5) is 0. The monoisotopic (exact) mass is 309 g/mol. The molecule has 0 spiro atoms. The third-order valence-corrected chi connectivity index (χ3v) is 5.24. The van der Waals surface area contributed by atoms with Gasteiger partial charge in [0.1, 0.15) is 5.75 Å². The number of rotatable bonds is 5. The van der Waals surface area contributed by atoms with Gasteiger partial charge in [-0.3, -0.25) is 0 Å². The lowest BCUT2D eigenvalue weighted by Crippen LogP contribution is -2.39. The SMILES string of the molecule is CNC(Cc1cc(Cl)ccc1OC)C1CCC(C)(C)CC1. The number of halogens is 1. The quantitative estimate of drug-likeness (QED) is 0.851. The van der Waals surface area contributed by atoms with Gasteiger partial charge in [-0.05, 0) is 74.2 Å². The van der Waals surface area contributed by atoms with Crippen LogP contribution < -0.4 is 10.1 Å². The normalized spacial score (nSPS) is 20.2. The molecule has 0 bridgehead atoms. The van der Waals surface area contributed by atoms with Gasteiger partial charge in [-0.15, -0.1) is 0 Å². The molecule has 1 unspecified atom stereocenters. The maximum Gasteiger partial charge on any atom is 0.122 e. The number of benzene rings is 1. The number of likely N-dealkylation sites (N-methyl/N-ethyl adjacent to an activating group) is 1. The fraction of sp³-hybridized carbons (Fsp3) is 0.667. The minimum atomic E-state index is 0.494. The summed E-state index contributed by atoms with van der Waals surface area (Å²) in [6, 6.07) is 6.39. The Hall–Kier alpha value is -0.730. The predicted octanol–water partition coefficient (Wildman–Crippen LogP) is 4.70. The lowest BCUT2D eigenvalue weighted by molar-refractivity contribution is 0.163. The van der Waals surface area contributed by atoms with E-state index < -0.39 is 0 Å². The van der Waals surface area contributed by atoms with Gasteiger partial charge in [-0.2, -0.15) is 0 Å². The highest BCUT2D eigenvalue weighted by Gasteiger charge is 2.31. The summed E-state index contributed by atoms with van der Waals surface area (Å²) < 4.78 is 5.48. The number of nitrogens with one attached hydrogen (secondary N) is 1. The summed E-state index contributed by atoms with van der Waals surface area (Å²) in [5, 5.41) is 4.30. The van der Waals surface area contributed by atoms with Crippen LogP contribution in [0.5, 0.6) is 5.75 Å². The standard InChI is InChI=1S/C18H28ClNO/c1-18(2)9-7-13(8-10-18)16(20-3)12-14-11-15(19)5-6-17(14)21-4/h5-6,11,13,16,20H,7-10,12H2,1-4H3. The Morgan fingerprint density at radius 1 is 1.33 bits per heavy atom. The van der Waals surface area contributed by atoms with Crippen molar-refractivity contribution in [2.75, 3.05) is 14.2 Å². The molecule has 1 fully saturated rings. The predicted molar refractivity (Wildman–Crippen MR) is 90.3 cm³/mol. The molecule has 1 N–H and O–H groups in total. The van der Waals surface area contributed by atoms with Gasteiger partial charge in [0.2, 0.25) is 0 Å². The summed E-state index contributed by atoms with van der Waals surface area (Å²) in [5.74, 6) is 1.68. The molecule has 118 valence electrons. The third-order valence-electron chi connectivity index (χ3n) is 5.01. The van der Waals surface area contributed by atoms with Gasteiger partial charge in [-0.25, -0.2) is 0 Å². The largest absolute Gasteiger partial charge is 0.496 e. The molecule has 0 amide bonds. The lowest BCUT2D eigenvalue weighted by atomic mass is 9.70. The minimum Gasteiger partial charge on any atom is -0.496 e. The highest BCUT2D eigenvalue weighted by molar-refractivity contribution is 6.30. The van der Waals surface area contributed by atoms with Crippen molar-refractivity contribution in [2.24, 2.45) is 11.3 Å². The van der Waals surface area contributed by atoms with E-state index in [1.165, 1.54) is 31.2 Å². The van der Waals surface area contributed by atoms with Crippen LogP contribution in [0.1, 0.15) is 45.1 Å². The van der Waals surface area contributed by atoms with Crippen molar-refractivity contribution in [2.45, 2.75) is 52.0 Å². The summed E-state index contributed by atoms with van der Waals surface area (Å²) >= 11 is 6.15. The molecule has 0 aliphatic heterocycles. The number of hydrogen-bond donors (Lipinski definition) is 1. The van der Waals surface area contributed by atoms with Crippen LogP contribution in [-0.4, -0.2) is 20.2 Å². The highest BCUT2D eigenvalue weighted by Crippen LogP contribution is 2.40. The molecule has 3 heteroatoms. The third kappa shape index (κ3) is 4.37. The summed E-state index contributed by atoms with van der Waals surface area (Å²) in [7, 11) is 3.80. The molecule has 1 saturated carbocycles. The highest BCUT2D eigenvalue weighted by atomic mass is 35.5. The van der Waals surface area contributed by atoms with Crippen LogP contribution in [0.25, 0.3) is 0 Å². The Kier molecular flexibility index (Phi) is 5.56. The second-order valence-corrected chi connectivity index (χ2v) is 7.49. The van der Waals surface area contributed by atoms with Gasteiger partial charge >= 0.3 is 0 Å². The number of methoxy groups -OCH3 is 1. The number of ether oxygens (including phenoxy) is 1. The fourth-order valence-electron chi connectivity index (χ4n) is 3.47. The topological polar surface area (TPSA) is 21.3 Å². The van der Waals surface area contributed by atoms with Crippen LogP contribution in [-0.2, 0) is 6.42 Å². The van der Waals surface area contributed by atoms with E-state index >= 15 is 0 Å². The zero-order valence-electron chi connectivity index (χ0n) is 13.7. The van der Waals surface area contributed by atoms with Crippen molar-refractivity contribution in [3.05, 3.63) is 28.8 Å². The Bertz CT molecular complexity index is 462. The summed E-state index contributed by atoms with van der Waals surface area (Å²) in [5.41, 5.74) is 1.72. The first-order chi connectivity index (χ1) is 9.95. The van der Waals surface area contributed by atoms with Crippen LogP contribution >= 0.6 is 11.6 Å². The first-order valence-corrected chi connectivity index (χ1v) is 8.32.